The van der Waals surface area contributed by atoms with Crippen LogP contribution in [0.1, 0.15) is 29.8 Å². The molecular weight excluding hydrogens is 316 g/mol. The van der Waals surface area contributed by atoms with Crippen LogP contribution in [0, 0.1) is 12.8 Å². The van der Waals surface area contributed by atoms with Crippen LogP contribution in [0.25, 0.3) is 0 Å². The van der Waals surface area contributed by atoms with Crippen molar-refractivity contribution in [2.45, 2.75) is 45.1 Å². The summed E-state index contributed by atoms with van der Waals surface area (Å²) < 4.78 is 17.2. The van der Waals surface area contributed by atoms with Gasteiger partial charge in [-0.3, -0.25) is 9.88 Å². The number of furan rings is 1. The van der Waals surface area contributed by atoms with Gasteiger partial charge in [-0.15, -0.1) is 0 Å². The van der Waals surface area contributed by atoms with Crippen molar-refractivity contribution in [3.8, 4) is 0 Å². The summed E-state index contributed by atoms with van der Waals surface area (Å²) >= 11 is 0. The molecule has 2 aliphatic rings. The fraction of sp³-hybridized carbons (Fsp3) is 0.550. The number of morpholine rings is 1. The van der Waals surface area contributed by atoms with E-state index in [1.807, 2.05) is 31.4 Å². The Morgan fingerprint density at radius 1 is 1.28 bits per heavy atom. The first-order valence-corrected chi connectivity index (χ1v) is 9.15. The maximum Gasteiger partial charge on any atom is 0.0947 e. The van der Waals surface area contributed by atoms with Gasteiger partial charge in [-0.25, -0.2) is 0 Å². The number of aryl methyl sites for hydroxylation is 1. The average molecular weight is 342 g/mol. The van der Waals surface area contributed by atoms with E-state index in [-0.39, 0.29) is 0 Å². The van der Waals surface area contributed by atoms with Crippen LogP contribution in [0.4, 0.5) is 0 Å². The third-order valence-electron chi connectivity index (χ3n) is 5.26. The first-order chi connectivity index (χ1) is 12.3. The molecule has 3 atom stereocenters. The number of pyridine rings is 1. The Balaban J connectivity index is 1.29. The Morgan fingerprint density at radius 3 is 3.08 bits per heavy atom. The van der Waals surface area contributed by atoms with Crippen molar-refractivity contribution in [3.05, 3.63) is 53.7 Å². The molecule has 2 fully saturated rings. The zero-order valence-electron chi connectivity index (χ0n) is 14.8. The van der Waals surface area contributed by atoms with E-state index in [1.165, 1.54) is 5.56 Å². The molecular formula is C20H26N2O3. The van der Waals surface area contributed by atoms with E-state index in [0.29, 0.717) is 24.7 Å². The lowest BCUT2D eigenvalue weighted by Crippen LogP contribution is -2.47. The Bertz CT molecular complexity index is 673. The van der Waals surface area contributed by atoms with E-state index in [2.05, 4.69) is 16.0 Å². The molecule has 0 aromatic carbocycles. The fourth-order valence-corrected chi connectivity index (χ4v) is 4.09. The van der Waals surface area contributed by atoms with Crippen molar-refractivity contribution >= 4 is 0 Å². The molecule has 0 spiro atoms. The number of aromatic nitrogens is 1. The third kappa shape index (κ3) is 4.11. The van der Waals surface area contributed by atoms with E-state index >= 15 is 0 Å². The molecule has 0 amide bonds. The molecule has 5 nitrogen and oxygen atoms in total. The summed E-state index contributed by atoms with van der Waals surface area (Å²) in [6.07, 6.45) is 6.16. The van der Waals surface area contributed by atoms with Gasteiger partial charge in [0.1, 0.15) is 0 Å². The lowest BCUT2D eigenvalue weighted by molar-refractivity contribution is -0.0591. The highest BCUT2D eigenvalue weighted by Crippen LogP contribution is 2.35. The molecule has 0 bridgehead atoms. The number of fused-ring (bicyclic) bond motifs is 1. The van der Waals surface area contributed by atoms with Crippen LogP contribution >= 0.6 is 0 Å². The van der Waals surface area contributed by atoms with Crippen molar-refractivity contribution in [3.63, 3.8) is 0 Å². The van der Waals surface area contributed by atoms with Crippen molar-refractivity contribution in [1.29, 1.82) is 0 Å². The van der Waals surface area contributed by atoms with E-state index in [9.17, 15) is 0 Å². The molecule has 1 aliphatic heterocycles. The van der Waals surface area contributed by atoms with Gasteiger partial charge in [-0.2, -0.15) is 0 Å². The first kappa shape index (κ1) is 16.8. The van der Waals surface area contributed by atoms with Crippen molar-refractivity contribution in [1.82, 2.24) is 9.88 Å². The largest absolute Gasteiger partial charge is 0.472 e. The average Bonchev–Trinajstić information content (AvgIpc) is 3.25. The summed E-state index contributed by atoms with van der Waals surface area (Å²) in [7, 11) is 0. The topological polar surface area (TPSA) is 47.7 Å². The highest BCUT2D eigenvalue weighted by atomic mass is 16.5. The molecule has 3 heterocycles. The van der Waals surface area contributed by atoms with Crippen LogP contribution in [0.15, 0.2) is 41.2 Å². The summed E-state index contributed by atoms with van der Waals surface area (Å²) in [6.45, 7) is 6.14. The van der Waals surface area contributed by atoms with Crippen molar-refractivity contribution in [2.24, 2.45) is 5.92 Å². The minimum atomic E-state index is 0.339. The lowest BCUT2D eigenvalue weighted by atomic mass is 10.1. The summed E-state index contributed by atoms with van der Waals surface area (Å²) in [5.74, 6) is 0.560. The van der Waals surface area contributed by atoms with Gasteiger partial charge in [0.25, 0.3) is 0 Å². The maximum absolute atomic E-state index is 6.03. The Hall–Kier alpha value is -1.69. The smallest absolute Gasteiger partial charge is 0.0947 e. The van der Waals surface area contributed by atoms with Crippen LogP contribution in [0.3, 0.4) is 0 Å². The predicted molar refractivity (Wildman–Crippen MR) is 94.0 cm³/mol. The second kappa shape index (κ2) is 7.68. The number of rotatable bonds is 6. The second-order valence-corrected chi connectivity index (χ2v) is 7.20. The van der Waals surface area contributed by atoms with Gasteiger partial charge in [0, 0.05) is 30.4 Å². The summed E-state index contributed by atoms with van der Waals surface area (Å²) in [4.78, 5) is 7.04. The van der Waals surface area contributed by atoms with Gasteiger partial charge in [0.2, 0.25) is 0 Å². The standard InChI is InChI=1S/C20H26N2O3/c1-15-3-2-4-18(21-15)14-24-13-17-9-19-20(10-17)25-8-6-22(19)11-16-5-7-23-12-16/h2-5,7,12,17,19-20H,6,8-11,13-14H2,1H3. The molecule has 25 heavy (non-hydrogen) atoms. The monoisotopic (exact) mass is 342 g/mol. The van der Waals surface area contributed by atoms with Crippen molar-refractivity contribution in [2.75, 3.05) is 19.8 Å². The quantitative estimate of drug-likeness (QED) is 0.807. The molecule has 1 aliphatic carbocycles. The van der Waals surface area contributed by atoms with Crippen LogP contribution < -0.4 is 0 Å². The Morgan fingerprint density at radius 2 is 2.24 bits per heavy atom. The Labute approximate surface area is 148 Å². The number of nitrogens with zero attached hydrogens (tertiary/aromatic N) is 2. The molecule has 3 unspecified atom stereocenters. The van der Waals surface area contributed by atoms with Gasteiger partial charge in [-0.1, -0.05) is 6.07 Å². The molecule has 1 saturated heterocycles. The zero-order chi connectivity index (χ0) is 17.1. The van der Waals surface area contributed by atoms with Gasteiger partial charge < -0.3 is 13.9 Å². The molecule has 4 rings (SSSR count). The van der Waals surface area contributed by atoms with E-state index in [0.717, 1.165) is 50.5 Å². The third-order valence-corrected chi connectivity index (χ3v) is 5.26. The minimum Gasteiger partial charge on any atom is -0.472 e. The number of hydrogen-bond donors (Lipinski definition) is 0. The van der Waals surface area contributed by atoms with Gasteiger partial charge in [-0.05, 0) is 43.9 Å². The van der Waals surface area contributed by atoms with Gasteiger partial charge in [0.05, 0.1) is 44.1 Å². The SMILES string of the molecule is Cc1cccc(COCC2CC3OCCN(Cc4ccoc4)C3C2)n1. The predicted octanol–water partition coefficient (Wildman–Crippen LogP) is 3.18. The highest BCUT2D eigenvalue weighted by molar-refractivity contribution is 5.09. The molecule has 2 aromatic rings. The number of hydrogen-bond acceptors (Lipinski definition) is 5. The summed E-state index contributed by atoms with van der Waals surface area (Å²) in [5.41, 5.74) is 3.29. The lowest BCUT2D eigenvalue weighted by Gasteiger charge is -2.37. The number of ether oxygens (including phenoxy) is 2. The molecule has 5 heteroatoms. The van der Waals surface area contributed by atoms with Crippen LogP contribution in [-0.4, -0.2) is 41.8 Å². The summed E-state index contributed by atoms with van der Waals surface area (Å²) in [5, 5.41) is 0. The van der Waals surface area contributed by atoms with E-state index < -0.39 is 0 Å². The molecule has 1 saturated carbocycles. The zero-order valence-corrected chi connectivity index (χ0v) is 14.8. The highest BCUT2D eigenvalue weighted by Gasteiger charge is 2.40. The first-order valence-electron chi connectivity index (χ1n) is 9.15. The van der Waals surface area contributed by atoms with Crippen LogP contribution in [-0.2, 0) is 22.6 Å². The molecule has 134 valence electrons. The molecule has 0 N–H and O–H groups in total. The minimum absolute atomic E-state index is 0.339. The molecule has 0 radical (unpaired) electrons. The van der Waals surface area contributed by atoms with E-state index in [1.54, 1.807) is 6.26 Å². The Kier molecular flexibility index (Phi) is 5.15. The van der Waals surface area contributed by atoms with E-state index in [4.69, 9.17) is 13.9 Å². The normalized spacial score (nSPS) is 26.7. The van der Waals surface area contributed by atoms with Crippen molar-refractivity contribution < 1.29 is 13.9 Å². The van der Waals surface area contributed by atoms with Gasteiger partial charge in [0.15, 0.2) is 0 Å². The van der Waals surface area contributed by atoms with Gasteiger partial charge >= 0.3 is 0 Å². The van der Waals surface area contributed by atoms with Crippen LogP contribution in [0.2, 0.25) is 0 Å². The van der Waals surface area contributed by atoms with Crippen LogP contribution in [0.5, 0.6) is 0 Å². The fourth-order valence-electron chi connectivity index (χ4n) is 4.09. The second-order valence-electron chi connectivity index (χ2n) is 7.20. The maximum atomic E-state index is 6.03. The summed E-state index contributed by atoms with van der Waals surface area (Å²) in [6, 6.07) is 8.62. The molecule has 2 aromatic heterocycles.